The minimum absolute atomic E-state index is 0.0993. The summed E-state index contributed by atoms with van der Waals surface area (Å²) in [6.07, 6.45) is -12.5. The summed E-state index contributed by atoms with van der Waals surface area (Å²) in [5.74, 6) is -50.5. The van der Waals surface area contributed by atoms with Crippen LogP contribution in [0, 0.1) is 0 Å². The highest BCUT2D eigenvalue weighted by Crippen LogP contribution is 2.64. The van der Waals surface area contributed by atoms with Crippen LogP contribution < -0.4 is 0 Å². The van der Waals surface area contributed by atoms with Gasteiger partial charge in [0.05, 0.1) is 0 Å². The first-order valence-corrected chi connectivity index (χ1v) is 15.9. The second-order valence-electron chi connectivity index (χ2n) is 8.78. The second kappa shape index (κ2) is 16.2. The fourth-order valence-corrected chi connectivity index (χ4v) is 6.80. The molecule has 0 N–H and O–H groups in total. The molecule has 0 unspecified atom stereocenters. The number of rotatable bonds is 18. The van der Waals surface area contributed by atoms with Crippen LogP contribution in [0.3, 0.4) is 0 Å². The molecule has 0 aliphatic heterocycles. The Morgan fingerprint density at radius 2 is 0.766 bits per heavy atom. The molecule has 0 radical (unpaired) electrons. The first kappa shape index (κ1) is 47.9. The van der Waals surface area contributed by atoms with Crippen molar-refractivity contribution in [3.8, 4) is 0 Å². The zero-order valence-electron chi connectivity index (χ0n) is 24.4. The van der Waals surface area contributed by atoms with E-state index in [9.17, 15) is 87.8 Å². The second-order valence-corrected chi connectivity index (χ2v) is 13.8. The molecule has 5 nitrogen and oxygen atoms in total. The molecular weight excluding hydrogens is 756 g/mol. The smallest absolute Gasteiger partial charge is 0.400 e. The van der Waals surface area contributed by atoms with E-state index >= 15 is 0 Å². The van der Waals surface area contributed by atoms with Crippen LogP contribution in [0.2, 0.25) is 6.04 Å². The van der Waals surface area contributed by atoms with Crippen molar-refractivity contribution in [2.45, 2.75) is 93.1 Å². The Hall–Kier alpha value is -1.17. The topological polar surface area (TPSA) is 46.2 Å². The summed E-state index contributed by atoms with van der Waals surface area (Å²) in [5.41, 5.74) is -6.87. The molecule has 0 amide bonds. The summed E-state index contributed by atoms with van der Waals surface area (Å²) in [7, 11) is -5.53. The molecule has 0 aliphatic carbocycles. The van der Waals surface area contributed by atoms with E-state index in [-0.39, 0.29) is 6.42 Å². The number of hydrogen-bond acceptors (Lipinski definition) is 5. The van der Waals surface area contributed by atoms with Crippen molar-refractivity contribution in [3.63, 3.8) is 0 Å². The molecule has 0 rings (SSSR count). The fourth-order valence-electron chi connectivity index (χ4n) is 3.12. The van der Waals surface area contributed by atoms with Crippen molar-refractivity contribution in [2.75, 3.05) is 34.0 Å². The van der Waals surface area contributed by atoms with E-state index in [0.717, 1.165) is 20.8 Å². The Morgan fingerprint density at radius 1 is 0.468 bits per heavy atom. The van der Waals surface area contributed by atoms with Crippen molar-refractivity contribution in [1.29, 1.82) is 0 Å². The molecule has 0 aromatic rings. The highest BCUT2D eigenvalue weighted by molar-refractivity contribution is 6.63. The Kier molecular flexibility index (Phi) is 16.6. The minimum atomic E-state index is -8.70. The maximum absolute atomic E-state index is 14.6. The number of alkyl halides is 20. The lowest BCUT2D eigenvalue weighted by Crippen LogP contribution is -2.78. The molecule has 0 saturated heterocycles. The van der Waals surface area contributed by atoms with Gasteiger partial charge in [-0.05, 0) is 33.2 Å². The van der Waals surface area contributed by atoms with Crippen molar-refractivity contribution < 1.29 is 110 Å². The van der Waals surface area contributed by atoms with Crippen LogP contribution in [-0.4, -0.2) is 106 Å². The van der Waals surface area contributed by atoms with E-state index < -0.39 is 97.8 Å². The zero-order valence-corrected chi connectivity index (χ0v) is 26.6. The molecule has 286 valence electrons. The molecule has 0 saturated carbocycles. The van der Waals surface area contributed by atoms with Crippen LogP contribution >= 0.6 is 0 Å². The monoisotopic (exact) mass is 784 g/mol. The molecule has 0 atom stereocenters. The lowest BCUT2D eigenvalue weighted by molar-refractivity contribution is -0.459. The maximum Gasteiger partial charge on any atom is 0.582 e. The Bertz CT molecular complexity index is 896. The van der Waals surface area contributed by atoms with Gasteiger partial charge in [0.25, 0.3) is 0 Å². The van der Waals surface area contributed by atoms with Gasteiger partial charge in [-0.1, -0.05) is 0 Å². The quantitative estimate of drug-likeness (QED) is 0.103. The first-order valence-electron chi connectivity index (χ1n) is 12.4. The Morgan fingerprint density at radius 3 is 1.02 bits per heavy atom. The average molecular weight is 785 g/mol. The van der Waals surface area contributed by atoms with E-state index in [2.05, 4.69) is 13.3 Å². The third-order valence-electron chi connectivity index (χ3n) is 5.54. The van der Waals surface area contributed by atoms with E-state index in [0.29, 0.717) is 6.04 Å². The lowest BCUT2D eigenvalue weighted by atomic mass is 9.91. The van der Waals surface area contributed by atoms with E-state index in [1.54, 1.807) is 0 Å². The minimum Gasteiger partial charge on any atom is -0.400 e. The van der Waals surface area contributed by atoms with E-state index in [4.69, 9.17) is 8.85 Å². The van der Waals surface area contributed by atoms with Gasteiger partial charge in [-0.2, -0.15) is 87.8 Å². The number of hydrogen-bond donors (Lipinski definition) is 0. The Balaban J connectivity index is 0. The van der Waals surface area contributed by atoms with Crippen molar-refractivity contribution in [3.05, 3.63) is 0 Å². The van der Waals surface area contributed by atoms with Crippen LogP contribution in [0.15, 0.2) is 0 Å². The average Bonchev–Trinajstić information content (AvgIpc) is 2.89. The van der Waals surface area contributed by atoms with Gasteiger partial charge in [-0.3, -0.25) is 0 Å². The van der Waals surface area contributed by atoms with Crippen LogP contribution in [-0.2, 0) is 22.1 Å². The van der Waals surface area contributed by atoms with Crippen molar-refractivity contribution >= 4 is 18.1 Å². The molecule has 0 fully saturated rings. The fraction of sp³-hybridized carbons (Fsp3) is 1.00. The van der Waals surface area contributed by atoms with Crippen LogP contribution in [0.1, 0.15) is 33.6 Å². The highest BCUT2D eigenvalue weighted by atomic mass is 28.4. The molecule has 0 heterocycles. The molecule has 47 heavy (non-hydrogen) atoms. The van der Waals surface area contributed by atoms with Gasteiger partial charge in [-0.25, -0.2) is 0 Å². The molecule has 27 heteroatoms. The molecule has 0 bridgehead atoms. The molecule has 0 aromatic carbocycles. The van der Waals surface area contributed by atoms with Crippen molar-refractivity contribution in [2.24, 2.45) is 0 Å². The van der Waals surface area contributed by atoms with Gasteiger partial charge in [-0.15, -0.1) is 0 Å². The SMILES string of the molecule is CCO[Si](OCC)(OCC)C(F)(F)C(F)(F)C(F)(F)C(F)(F)C(F)(F)C(F)(F)C(F)(F)C(F)(F)F.CO[SiH](CCCC(F)(F)F)OC. The van der Waals surface area contributed by atoms with Gasteiger partial charge in [0.15, 0.2) is 0 Å². The van der Waals surface area contributed by atoms with Gasteiger partial charge >= 0.3 is 71.5 Å². The third-order valence-corrected chi connectivity index (χ3v) is 10.6. The predicted molar refractivity (Wildman–Crippen MR) is 123 cm³/mol. The van der Waals surface area contributed by atoms with Crippen LogP contribution in [0.4, 0.5) is 87.8 Å². The van der Waals surface area contributed by atoms with Crippen molar-refractivity contribution in [1.82, 2.24) is 0 Å². The highest BCUT2D eigenvalue weighted by Gasteiger charge is 2.97. The largest absolute Gasteiger partial charge is 0.582 e. The summed E-state index contributed by atoms with van der Waals surface area (Å²) in [6, 6.07) is 0.409. The van der Waals surface area contributed by atoms with Gasteiger partial charge in [0.2, 0.25) is 0 Å². The summed E-state index contributed by atoms with van der Waals surface area (Å²) in [6.45, 7) is -1.25. The molecule has 0 aliphatic rings. The molecule has 0 aromatic heterocycles. The van der Waals surface area contributed by atoms with E-state index in [1.165, 1.54) is 14.2 Å². The van der Waals surface area contributed by atoms with Crippen LogP contribution in [0.5, 0.6) is 0 Å². The summed E-state index contributed by atoms with van der Waals surface area (Å²) >= 11 is 0. The third kappa shape index (κ3) is 9.34. The molecule has 0 spiro atoms. The van der Waals surface area contributed by atoms with Gasteiger partial charge < -0.3 is 22.1 Å². The normalized spacial score (nSPS) is 15.2. The summed E-state index contributed by atoms with van der Waals surface area (Å²) in [4.78, 5) is 0. The van der Waals surface area contributed by atoms with Gasteiger partial charge in [0, 0.05) is 40.5 Å². The Labute approximate surface area is 256 Å². The maximum atomic E-state index is 14.6. The molecular formula is C20H28F20O5Si2. The first-order chi connectivity index (χ1) is 20.7. The zero-order chi connectivity index (χ0) is 38.4. The number of halogens is 20. The van der Waals surface area contributed by atoms with E-state index in [1.807, 2.05) is 0 Å². The standard InChI is InChI=1S/C14H15F17O3Si.C6H13F3O2Si/c1-4-32-35(33-5-2,34-6-3)14(30,31)12(25,26)10(21,22)8(17,18)7(15,16)9(19,20)11(23,24)13(27,28)29;1-10-12(11-2)5-3-4-6(7,8)9/h4-6H2,1-3H3;12H,3-5H2,1-2H3. The lowest BCUT2D eigenvalue weighted by Gasteiger charge is -2.45. The summed E-state index contributed by atoms with van der Waals surface area (Å²) in [5, 5.41) is 0. The van der Waals surface area contributed by atoms with Gasteiger partial charge in [0.1, 0.15) is 0 Å². The summed E-state index contributed by atoms with van der Waals surface area (Å²) < 4.78 is 285. The predicted octanol–water partition coefficient (Wildman–Crippen LogP) is 8.43. The van der Waals surface area contributed by atoms with Crippen LogP contribution in [0.25, 0.3) is 0 Å².